The maximum absolute atomic E-state index is 5.61. The minimum atomic E-state index is -1.04. The number of nitrogens with one attached hydrogen (secondary N) is 1. The SMILES string of the molecule is ClC1=CC=CC(Cl)(Cl)N1. The summed E-state index contributed by atoms with van der Waals surface area (Å²) in [5.74, 6) is 0. The summed E-state index contributed by atoms with van der Waals surface area (Å²) in [6.45, 7) is 0. The number of hydrogen-bond acceptors (Lipinski definition) is 1. The molecule has 1 heterocycles. The molecule has 1 aliphatic heterocycles. The Morgan fingerprint density at radius 3 is 2.44 bits per heavy atom. The first-order valence-corrected chi connectivity index (χ1v) is 3.44. The van der Waals surface area contributed by atoms with Gasteiger partial charge in [-0.15, -0.1) is 0 Å². The van der Waals surface area contributed by atoms with Crippen molar-refractivity contribution in [3.05, 3.63) is 23.4 Å². The molecule has 9 heavy (non-hydrogen) atoms. The Bertz CT molecular complexity index is 171. The van der Waals surface area contributed by atoms with E-state index in [-0.39, 0.29) is 0 Å². The van der Waals surface area contributed by atoms with Gasteiger partial charge in [0, 0.05) is 0 Å². The molecule has 0 aromatic carbocycles. The average Bonchev–Trinajstić information content (AvgIpc) is 1.60. The number of allylic oxidation sites excluding steroid dienone is 2. The smallest absolute Gasteiger partial charge is 0.208 e. The summed E-state index contributed by atoms with van der Waals surface area (Å²) in [5, 5.41) is 3.07. The van der Waals surface area contributed by atoms with Gasteiger partial charge >= 0.3 is 0 Å². The third kappa shape index (κ3) is 2.09. The minimum Gasteiger partial charge on any atom is -0.342 e. The fourth-order valence-corrected chi connectivity index (χ4v) is 1.16. The molecule has 0 spiro atoms. The van der Waals surface area contributed by atoms with Crippen LogP contribution in [0.4, 0.5) is 0 Å². The maximum atomic E-state index is 5.61. The fraction of sp³-hybridized carbons (Fsp3) is 0.200. The zero-order valence-electron chi connectivity index (χ0n) is 4.37. The van der Waals surface area contributed by atoms with Crippen molar-refractivity contribution in [2.24, 2.45) is 0 Å². The van der Waals surface area contributed by atoms with Crippen LogP contribution < -0.4 is 5.32 Å². The number of halogens is 3. The topological polar surface area (TPSA) is 12.0 Å². The lowest BCUT2D eigenvalue weighted by atomic mass is 10.4. The third-order valence-electron chi connectivity index (χ3n) is 0.834. The minimum absolute atomic E-state index is 0.447. The zero-order chi connectivity index (χ0) is 6.91. The first kappa shape index (κ1) is 7.26. The van der Waals surface area contributed by atoms with E-state index in [4.69, 9.17) is 34.8 Å². The van der Waals surface area contributed by atoms with Crippen molar-refractivity contribution in [3.8, 4) is 0 Å². The molecule has 0 unspecified atom stereocenters. The molecular formula is C5H4Cl3N. The third-order valence-corrected chi connectivity index (χ3v) is 1.50. The van der Waals surface area contributed by atoms with E-state index in [1.165, 1.54) is 0 Å². The summed E-state index contributed by atoms with van der Waals surface area (Å²) in [6.07, 6.45) is 4.96. The van der Waals surface area contributed by atoms with Crippen LogP contribution >= 0.6 is 34.8 Å². The highest BCUT2D eigenvalue weighted by molar-refractivity contribution is 6.50. The molecule has 0 amide bonds. The molecule has 0 fully saturated rings. The van der Waals surface area contributed by atoms with Crippen LogP contribution in [0.2, 0.25) is 0 Å². The lowest BCUT2D eigenvalue weighted by molar-refractivity contribution is 0.815. The van der Waals surface area contributed by atoms with Crippen molar-refractivity contribution in [1.82, 2.24) is 5.32 Å². The van der Waals surface area contributed by atoms with Gasteiger partial charge < -0.3 is 5.32 Å². The molecule has 1 aliphatic rings. The Balaban J connectivity index is 2.73. The van der Waals surface area contributed by atoms with Gasteiger partial charge in [-0.25, -0.2) is 0 Å². The Kier molecular flexibility index (Phi) is 1.94. The monoisotopic (exact) mass is 183 g/mol. The van der Waals surface area contributed by atoms with Crippen LogP contribution in [-0.2, 0) is 0 Å². The van der Waals surface area contributed by atoms with Crippen molar-refractivity contribution in [1.29, 1.82) is 0 Å². The highest BCUT2D eigenvalue weighted by Crippen LogP contribution is 2.24. The average molecular weight is 184 g/mol. The Hall–Kier alpha value is 0.150. The number of dihydropyridines is 1. The van der Waals surface area contributed by atoms with Gasteiger partial charge in [-0.05, 0) is 12.2 Å². The first-order chi connectivity index (χ1) is 4.10. The number of rotatable bonds is 0. The number of hydrogen-bond donors (Lipinski definition) is 1. The molecule has 0 saturated carbocycles. The van der Waals surface area contributed by atoms with Crippen LogP contribution in [-0.4, -0.2) is 4.46 Å². The van der Waals surface area contributed by atoms with E-state index in [1.54, 1.807) is 18.2 Å². The summed E-state index contributed by atoms with van der Waals surface area (Å²) in [7, 11) is 0. The second-order valence-corrected chi connectivity index (χ2v) is 3.41. The molecule has 4 heteroatoms. The molecule has 0 radical (unpaired) electrons. The van der Waals surface area contributed by atoms with E-state index in [1.807, 2.05) is 0 Å². The second-order valence-electron chi connectivity index (χ2n) is 1.62. The van der Waals surface area contributed by atoms with Gasteiger partial charge in [-0.1, -0.05) is 40.9 Å². The zero-order valence-corrected chi connectivity index (χ0v) is 6.63. The van der Waals surface area contributed by atoms with E-state index in [2.05, 4.69) is 5.32 Å². The summed E-state index contributed by atoms with van der Waals surface area (Å²) in [6, 6.07) is 0. The van der Waals surface area contributed by atoms with E-state index < -0.39 is 4.46 Å². The van der Waals surface area contributed by atoms with Crippen LogP contribution in [0.1, 0.15) is 0 Å². The molecule has 0 bridgehead atoms. The van der Waals surface area contributed by atoms with Crippen LogP contribution in [0.25, 0.3) is 0 Å². The molecule has 0 aromatic heterocycles. The summed E-state index contributed by atoms with van der Waals surface area (Å²) < 4.78 is -1.04. The highest BCUT2D eigenvalue weighted by atomic mass is 35.5. The molecule has 1 rings (SSSR count). The molecule has 1 nitrogen and oxygen atoms in total. The predicted octanol–water partition coefficient (Wildman–Crippen LogP) is 2.36. The number of alkyl halides is 2. The highest BCUT2D eigenvalue weighted by Gasteiger charge is 2.21. The van der Waals surface area contributed by atoms with Crippen molar-refractivity contribution >= 4 is 34.8 Å². The largest absolute Gasteiger partial charge is 0.342 e. The molecular weight excluding hydrogens is 180 g/mol. The maximum Gasteiger partial charge on any atom is 0.208 e. The van der Waals surface area contributed by atoms with Crippen molar-refractivity contribution in [2.45, 2.75) is 4.46 Å². The van der Waals surface area contributed by atoms with Gasteiger partial charge in [0.25, 0.3) is 0 Å². The Morgan fingerprint density at radius 1 is 1.44 bits per heavy atom. The van der Waals surface area contributed by atoms with Crippen LogP contribution in [0, 0.1) is 0 Å². The lowest BCUT2D eigenvalue weighted by Gasteiger charge is -2.19. The van der Waals surface area contributed by atoms with Gasteiger partial charge in [0.15, 0.2) is 0 Å². The van der Waals surface area contributed by atoms with E-state index >= 15 is 0 Å². The van der Waals surface area contributed by atoms with E-state index in [9.17, 15) is 0 Å². The quantitative estimate of drug-likeness (QED) is 0.450. The molecule has 0 atom stereocenters. The van der Waals surface area contributed by atoms with Gasteiger partial charge in [0.05, 0.1) is 0 Å². The molecule has 0 aliphatic carbocycles. The van der Waals surface area contributed by atoms with Crippen molar-refractivity contribution in [2.75, 3.05) is 0 Å². The van der Waals surface area contributed by atoms with Crippen LogP contribution in [0.15, 0.2) is 23.4 Å². The summed E-state index contributed by atoms with van der Waals surface area (Å²) >= 11 is 16.7. The normalized spacial score (nSPS) is 22.8. The Labute approximate surface area is 68.3 Å². The van der Waals surface area contributed by atoms with Gasteiger partial charge in [0.1, 0.15) is 5.16 Å². The van der Waals surface area contributed by atoms with Gasteiger partial charge in [0.2, 0.25) is 4.46 Å². The standard InChI is InChI=1S/C5H4Cl3N/c6-4-2-1-3-5(7,8)9-4/h1-3,9H. The second kappa shape index (κ2) is 2.41. The lowest BCUT2D eigenvalue weighted by Crippen LogP contribution is -2.31. The van der Waals surface area contributed by atoms with Crippen LogP contribution in [0.5, 0.6) is 0 Å². The predicted molar refractivity (Wildman–Crippen MR) is 40.6 cm³/mol. The first-order valence-electron chi connectivity index (χ1n) is 2.31. The molecule has 0 saturated heterocycles. The van der Waals surface area contributed by atoms with Crippen molar-refractivity contribution < 1.29 is 0 Å². The van der Waals surface area contributed by atoms with E-state index in [0.29, 0.717) is 5.16 Å². The van der Waals surface area contributed by atoms with E-state index in [0.717, 1.165) is 0 Å². The van der Waals surface area contributed by atoms with Crippen molar-refractivity contribution in [3.63, 3.8) is 0 Å². The molecule has 1 N–H and O–H groups in total. The van der Waals surface area contributed by atoms with Crippen LogP contribution in [0.3, 0.4) is 0 Å². The van der Waals surface area contributed by atoms with Gasteiger partial charge in [-0.2, -0.15) is 0 Å². The van der Waals surface area contributed by atoms with Gasteiger partial charge in [-0.3, -0.25) is 0 Å². The summed E-state index contributed by atoms with van der Waals surface area (Å²) in [4.78, 5) is 0. The molecule has 0 aromatic rings. The fourth-order valence-electron chi connectivity index (χ4n) is 0.496. The Morgan fingerprint density at radius 2 is 2.11 bits per heavy atom. The molecule has 50 valence electrons. The summed E-state index contributed by atoms with van der Waals surface area (Å²) in [5.41, 5.74) is 0.